The van der Waals surface area contributed by atoms with Crippen molar-refractivity contribution in [2.75, 3.05) is 13.2 Å². The third-order valence-corrected chi connectivity index (χ3v) is 3.89. The molecule has 0 fully saturated rings. The SMILES string of the molecule is CC(=O)N[C@@H](CC(=O)OCC(=O)NCCc1ccccc1)c1ccccc1. The van der Waals surface area contributed by atoms with Crippen molar-refractivity contribution in [2.45, 2.75) is 25.8 Å². The van der Waals surface area contributed by atoms with Gasteiger partial charge in [0.2, 0.25) is 5.91 Å². The van der Waals surface area contributed by atoms with E-state index in [0.29, 0.717) is 13.0 Å². The van der Waals surface area contributed by atoms with Gasteiger partial charge in [0, 0.05) is 13.5 Å². The predicted octanol–water partition coefficient (Wildman–Crippen LogP) is 2.16. The molecule has 6 heteroatoms. The van der Waals surface area contributed by atoms with Crippen LogP contribution in [0.5, 0.6) is 0 Å². The Labute approximate surface area is 158 Å². The topological polar surface area (TPSA) is 84.5 Å². The minimum Gasteiger partial charge on any atom is -0.456 e. The van der Waals surface area contributed by atoms with E-state index < -0.39 is 12.0 Å². The molecule has 1 atom stereocenters. The Morgan fingerprint density at radius 2 is 1.59 bits per heavy atom. The highest BCUT2D eigenvalue weighted by Crippen LogP contribution is 2.17. The van der Waals surface area contributed by atoms with Gasteiger partial charge in [-0.15, -0.1) is 0 Å². The fraction of sp³-hybridized carbons (Fsp3) is 0.286. The minimum atomic E-state index is -0.546. The Bertz CT molecular complexity index is 747. The van der Waals surface area contributed by atoms with Gasteiger partial charge in [0.25, 0.3) is 5.91 Å². The summed E-state index contributed by atoms with van der Waals surface area (Å²) in [5.74, 6) is -1.14. The first-order chi connectivity index (χ1) is 13.0. The molecule has 0 bridgehead atoms. The van der Waals surface area contributed by atoms with E-state index >= 15 is 0 Å². The van der Waals surface area contributed by atoms with Crippen LogP contribution < -0.4 is 10.6 Å². The summed E-state index contributed by atoms with van der Waals surface area (Å²) in [6.45, 7) is 1.52. The molecule has 2 amide bonds. The normalized spacial score (nSPS) is 11.3. The molecule has 0 saturated heterocycles. The summed E-state index contributed by atoms with van der Waals surface area (Å²) in [5.41, 5.74) is 1.92. The van der Waals surface area contributed by atoms with Crippen LogP contribution in [-0.4, -0.2) is 30.9 Å². The van der Waals surface area contributed by atoms with E-state index in [1.54, 1.807) is 0 Å². The number of carbonyl (C=O) groups is 3. The monoisotopic (exact) mass is 368 g/mol. The van der Waals surface area contributed by atoms with Crippen molar-refractivity contribution in [3.05, 3.63) is 71.8 Å². The molecule has 2 rings (SSSR count). The van der Waals surface area contributed by atoms with Crippen LogP contribution in [0.15, 0.2) is 60.7 Å². The minimum absolute atomic E-state index is 0.0408. The van der Waals surface area contributed by atoms with Crippen LogP contribution in [0.3, 0.4) is 0 Å². The molecule has 0 saturated carbocycles. The Hall–Kier alpha value is -3.15. The van der Waals surface area contributed by atoms with E-state index in [4.69, 9.17) is 4.74 Å². The summed E-state index contributed by atoms with van der Waals surface area (Å²) >= 11 is 0. The first kappa shape index (κ1) is 20.2. The van der Waals surface area contributed by atoms with E-state index in [1.165, 1.54) is 6.92 Å². The number of carbonyl (C=O) groups excluding carboxylic acids is 3. The maximum absolute atomic E-state index is 12.1. The highest BCUT2D eigenvalue weighted by Gasteiger charge is 2.18. The second-order valence-corrected chi connectivity index (χ2v) is 6.11. The molecule has 0 heterocycles. The molecular formula is C21H24N2O4. The summed E-state index contributed by atoms with van der Waals surface area (Å²) in [6.07, 6.45) is 0.667. The fourth-order valence-corrected chi connectivity index (χ4v) is 2.60. The van der Waals surface area contributed by atoms with E-state index in [9.17, 15) is 14.4 Å². The van der Waals surface area contributed by atoms with Gasteiger partial charge in [-0.05, 0) is 17.5 Å². The molecule has 0 unspecified atom stereocenters. The molecule has 0 aliphatic carbocycles. The molecule has 2 N–H and O–H groups in total. The Balaban J connectivity index is 1.74. The lowest BCUT2D eigenvalue weighted by Crippen LogP contribution is -2.32. The number of nitrogens with one attached hydrogen (secondary N) is 2. The van der Waals surface area contributed by atoms with Gasteiger partial charge in [-0.25, -0.2) is 0 Å². The van der Waals surface area contributed by atoms with Crippen molar-refractivity contribution in [1.82, 2.24) is 10.6 Å². The first-order valence-corrected chi connectivity index (χ1v) is 8.83. The van der Waals surface area contributed by atoms with Gasteiger partial charge in [-0.2, -0.15) is 0 Å². The van der Waals surface area contributed by atoms with E-state index in [1.807, 2.05) is 60.7 Å². The molecule has 2 aromatic rings. The highest BCUT2D eigenvalue weighted by molar-refractivity contribution is 5.81. The van der Waals surface area contributed by atoms with Crippen molar-refractivity contribution in [2.24, 2.45) is 0 Å². The molecule has 27 heavy (non-hydrogen) atoms. The van der Waals surface area contributed by atoms with Gasteiger partial charge >= 0.3 is 5.97 Å². The fourth-order valence-electron chi connectivity index (χ4n) is 2.60. The number of rotatable bonds is 9. The van der Waals surface area contributed by atoms with E-state index in [-0.39, 0.29) is 24.8 Å². The van der Waals surface area contributed by atoms with Gasteiger partial charge in [-0.3, -0.25) is 14.4 Å². The zero-order valence-corrected chi connectivity index (χ0v) is 15.3. The molecule has 0 radical (unpaired) electrons. The number of ether oxygens (including phenoxy) is 1. The summed E-state index contributed by atoms with van der Waals surface area (Å²) in [6, 6.07) is 18.5. The lowest BCUT2D eigenvalue weighted by atomic mass is 10.0. The largest absolute Gasteiger partial charge is 0.456 e. The average Bonchev–Trinajstić information content (AvgIpc) is 2.67. The maximum Gasteiger partial charge on any atom is 0.308 e. The van der Waals surface area contributed by atoms with Crippen molar-refractivity contribution >= 4 is 17.8 Å². The average molecular weight is 368 g/mol. The zero-order chi connectivity index (χ0) is 19.5. The first-order valence-electron chi connectivity index (χ1n) is 8.83. The van der Waals surface area contributed by atoms with Crippen LogP contribution in [0.25, 0.3) is 0 Å². The van der Waals surface area contributed by atoms with Gasteiger partial charge in [0.1, 0.15) is 0 Å². The van der Waals surface area contributed by atoms with E-state index in [0.717, 1.165) is 11.1 Å². The van der Waals surface area contributed by atoms with Gasteiger partial charge in [0.15, 0.2) is 6.61 Å². The van der Waals surface area contributed by atoms with Crippen LogP contribution in [0, 0.1) is 0 Å². The third kappa shape index (κ3) is 7.73. The number of esters is 1. The molecular weight excluding hydrogens is 344 g/mol. The Kier molecular flexibility index (Phi) is 8.03. The van der Waals surface area contributed by atoms with Crippen LogP contribution >= 0.6 is 0 Å². The van der Waals surface area contributed by atoms with Gasteiger partial charge in [-0.1, -0.05) is 60.7 Å². The highest BCUT2D eigenvalue weighted by atomic mass is 16.5. The number of amides is 2. The zero-order valence-electron chi connectivity index (χ0n) is 15.3. The second kappa shape index (κ2) is 10.8. The van der Waals surface area contributed by atoms with Crippen molar-refractivity contribution < 1.29 is 19.1 Å². The van der Waals surface area contributed by atoms with Gasteiger partial charge in [0.05, 0.1) is 12.5 Å². The van der Waals surface area contributed by atoms with Crippen molar-refractivity contribution in [1.29, 1.82) is 0 Å². The van der Waals surface area contributed by atoms with Crippen molar-refractivity contribution in [3.63, 3.8) is 0 Å². The Morgan fingerprint density at radius 1 is 0.963 bits per heavy atom. The molecule has 0 aliphatic rings. The van der Waals surface area contributed by atoms with Crippen LogP contribution in [0.1, 0.15) is 30.5 Å². The van der Waals surface area contributed by atoms with Crippen LogP contribution in [0.2, 0.25) is 0 Å². The van der Waals surface area contributed by atoms with E-state index in [2.05, 4.69) is 10.6 Å². The number of hydrogen-bond donors (Lipinski definition) is 2. The van der Waals surface area contributed by atoms with Crippen molar-refractivity contribution in [3.8, 4) is 0 Å². The number of hydrogen-bond acceptors (Lipinski definition) is 4. The van der Waals surface area contributed by atoms with Crippen LogP contribution in [-0.2, 0) is 25.5 Å². The van der Waals surface area contributed by atoms with Gasteiger partial charge < -0.3 is 15.4 Å². The molecule has 0 aliphatic heterocycles. The Morgan fingerprint density at radius 3 is 2.22 bits per heavy atom. The van der Waals surface area contributed by atoms with Crippen LogP contribution in [0.4, 0.5) is 0 Å². The molecule has 2 aromatic carbocycles. The standard InChI is InChI=1S/C21H24N2O4/c1-16(24)23-19(18-10-6-3-7-11-18)14-21(26)27-15-20(25)22-13-12-17-8-4-2-5-9-17/h2-11,19H,12-15H2,1H3,(H,22,25)(H,23,24)/t19-/m0/s1. The lowest BCUT2D eigenvalue weighted by molar-refractivity contribution is -0.149. The number of benzene rings is 2. The third-order valence-electron chi connectivity index (χ3n) is 3.89. The smallest absolute Gasteiger partial charge is 0.308 e. The summed E-state index contributed by atoms with van der Waals surface area (Å²) in [5, 5.41) is 5.44. The molecule has 142 valence electrons. The summed E-state index contributed by atoms with van der Waals surface area (Å²) in [7, 11) is 0. The summed E-state index contributed by atoms with van der Waals surface area (Å²) < 4.78 is 5.04. The lowest BCUT2D eigenvalue weighted by Gasteiger charge is -2.17. The predicted molar refractivity (Wildman–Crippen MR) is 102 cm³/mol. The quantitative estimate of drug-likeness (QED) is 0.664. The molecule has 6 nitrogen and oxygen atoms in total. The summed E-state index contributed by atoms with van der Waals surface area (Å²) in [4.78, 5) is 35.3. The molecule has 0 spiro atoms. The maximum atomic E-state index is 12.1. The second-order valence-electron chi connectivity index (χ2n) is 6.11. The molecule has 0 aromatic heterocycles.